The fourth-order valence-electron chi connectivity index (χ4n) is 2.36. The van der Waals surface area contributed by atoms with Crippen molar-refractivity contribution in [1.29, 1.82) is 0 Å². The number of hydrogen-bond acceptors (Lipinski definition) is 2. The molecule has 1 aromatic rings. The lowest BCUT2D eigenvalue weighted by Crippen LogP contribution is -2.46. The van der Waals surface area contributed by atoms with Crippen LogP contribution in [0.2, 0.25) is 0 Å². The Hall–Kier alpha value is -1.61. The Morgan fingerprint density at radius 1 is 1.37 bits per heavy atom. The summed E-state index contributed by atoms with van der Waals surface area (Å²) in [4.78, 5) is 14.0. The SMILES string of the molecule is CNC1CCCN(C(=O)/C=C/c2ccc(C)cc2)C1. The molecule has 0 radical (unpaired) electrons. The molecule has 1 saturated heterocycles. The van der Waals surface area contributed by atoms with Gasteiger partial charge in [-0.25, -0.2) is 0 Å². The summed E-state index contributed by atoms with van der Waals surface area (Å²) < 4.78 is 0. The second kappa shape index (κ2) is 6.53. The van der Waals surface area contributed by atoms with E-state index in [4.69, 9.17) is 0 Å². The summed E-state index contributed by atoms with van der Waals surface area (Å²) in [6.45, 7) is 3.74. The number of piperidine rings is 1. The van der Waals surface area contributed by atoms with Gasteiger partial charge in [-0.2, -0.15) is 0 Å². The van der Waals surface area contributed by atoms with Gasteiger partial charge in [-0.05, 0) is 38.5 Å². The van der Waals surface area contributed by atoms with E-state index < -0.39 is 0 Å². The highest BCUT2D eigenvalue weighted by Gasteiger charge is 2.20. The van der Waals surface area contributed by atoms with E-state index in [1.54, 1.807) is 6.08 Å². The van der Waals surface area contributed by atoms with Crippen molar-refractivity contribution in [1.82, 2.24) is 10.2 Å². The molecule has 1 amide bonds. The van der Waals surface area contributed by atoms with Crippen molar-refractivity contribution in [3.05, 3.63) is 41.5 Å². The molecule has 1 aliphatic rings. The van der Waals surface area contributed by atoms with Gasteiger partial charge in [0.05, 0.1) is 0 Å². The lowest BCUT2D eigenvalue weighted by Gasteiger charge is -2.31. The number of aryl methyl sites for hydroxylation is 1. The summed E-state index contributed by atoms with van der Waals surface area (Å²) in [6.07, 6.45) is 5.81. The summed E-state index contributed by atoms with van der Waals surface area (Å²) in [5.74, 6) is 0.112. The molecule has 1 aromatic carbocycles. The minimum atomic E-state index is 0.112. The van der Waals surface area contributed by atoms with Gasteiger partial charge in [0.15, 0.2) is 0 Å². The molecule has 1 heterocycles. The number of carbonyl (C=O) groups excluding carboxylic acids is 1. The third-order valence-electron chi connectivity index (χ3n) is 3.64. The number of nitrogens with zero attached hydrogens (tertiary/aromatic N) is 1. The summed E-state index contributed by atoms with van der Waals surface area (Å²) in [5.41, 5.74) is 2.30. The zero-order chi connectivity index (χ0) is 13.7. The maximum absolute atomic E-state index is 12.1. The summed E-state index contributed by atoms with van der Waals surface area (Å²) >= 11 is 0. The molecule has 2 rings (SSSR count). The van der Waals surface area contributed by atoms with Crippen LogP contribution in [0.25, 0.3) is 6.08 Å². The second-order valence-electron chi connectivity index (χ2n) is 5.16. The average molecular weight is 258 g/mol. The molecule has 102 valence electrons. The monoisotopic (exact) mass is 258 g/mol. The Balaban J connectivity index is 1.94. The molecule has 0 aromatic heterocycles. The molecule has 0 aliphatic carbocycles. The maximum Gasteiger partial charge on any atom is 0.246 e. The van der Waals surface area contributed by atoms with Crippen LogP contribution in [0.15, 0.2) is 30.3 Å². The average Bonchev–Trinajstić information content (AvgIpc) is 2.46. The Bertz CT molecular complexity index is 450. The van der Waals surface area contributed by atoms with Crippen LogP contribution >= 0.6 is 0 Å². The van der Waals surface area contributed by atoms with Crippen molar-refractivity contribution in [3.63, 3.8) is 0 Å². The van der Waals surface area contributed by atoms with Gasteiger partial charge in [0.25, 0.3) is 0 Å². The van der Waals surface area contributed by atoms with Crippen LogP contribution < -0.4 is 5.32 Å². The van der Waals surface area contributed by atoms with Crippen LogP contribution in [-0.2, 0) is 4.79 Å². The molecule has 0 spiro atoms. The number of amides is 1. The van der Waals surface area contributed by atoms with E-state index in [1.807, 2.05) is 30.2 Å². The molecule has 3 heteroatoms. The molecular weight excluding hydrogens is 236 g/mol. The molecule has 0 bridgehead atoms. The fraction of sp³-hybridized carbons (Fsp3) is 0.438. The van der Waals surface area contributed by atoms with E-state index >= 15 is 0 Å². The number of benzene rings is 1. The minimum absolute atomic E-state index is 0.112. The standard InChI is InChI=1S/C16H22N2O/c1-13-5-7-14(8-6-13)9-10-16(19)18-11-3-4-15(12-18)17-2/h5-10,15,17H,3-4,11-12H2,1-2H3/b10-9+. The van der Waals surface area contributed by atoms with Crippen molar-refractivity contribution in [2.45, 2.75) is 25.8 Å². The summed E-state index contributed by atoms with van der Waals surface area (Å²) in [6, 6.07) is 8.62. The van der Waals surface area contributed by atoms with Gasteiger partial charge in [0, 0.05) is 25.2 Å². The highest BCUT2D eigenvalue weighted by atomic mass is 16.2. The van der Waals surface area contributed by atoms with Crippen molar-refractivity contribution < 1.29 is 4.79 Å². The van der Waals surface area contributed by atoms with Crippen LogP contribution in [0.3, 0.4) is 0 Å². The first-order valence-corrected chi connectivity index (χ1v) is 6.90. The zero-order valence-electron chi connectivity index (χ0n) is 11.7. The first kappa shape index (κ1) is 13.8. The van der Waals surface area contributed by atoms with E-state index in [-0.39, 0.29) is 5.91 Å². The van der Waals surface area contributed by atoms with E-state index in [9.17, 15) is 4.79 Å². The molecule has 1 atom stereocenters. The van der Waals surface area contributed by atoms with Crippen molar-refractivity contribution >= 4 is 12.0 Å². The third kappa shape index (κ3) is 3.93. The molecule has 1 fully saturated rings. The quantitative estimate of drug-likeness (QED) is 0.843. The number of hydrogen-bond donors (Lipinski definition) is 1. The predicted molar refractivity (Wildman–Crippen MR) is 78.9 cm³/mol. The van der Waals surface area contributed by atoms with Crippen LogP contribution in [0.4, 0.5) is 0 Å². The van der Waals surface area contributed by atoms with Gasteiger partial charge in [0.2, 0.25) is 5.91 Å². The highest BCUT2D eigenvalue weighted by molar-refractivity contribution is 5.91. The smallest absolute Gasteiger partial charge is 0.246 e. The normalized spacial score (nSPS) is 19.9. The third-order valence-corrected chi connectivity index (χ3v) is 3.64. The van der Waals surface area contributed by atoms with Gasteiger partial charge >= 0.3 is 0 Å². The molecular formula is C16H22N2O. The fourth-order valence-corrected chi connectivity index (χ4v) is 2.36. The van der Waals surface area contributed by atoms with Crippen LogP contribution in [0, 0.1) is 6.92 Å². The molecule has 0 saturated carbocycles. The number of likely N-dealkylation sites (tertiary alicyclic amines) is 1. The summed E-state index contributed by atoms with van der Waals surface area (Å²) in [7, 11) is 1.96. The van der Waals surface area contributed by atoms with Gasteiger partial charge in [-0.1, -0.05) is 29.8 Å². The van der Waals surface area contributed by atoms with Crippen LogP contribution in [0.1, 0.15) is 24.0 Å². The number of rotatable bonds is 3. The summed E-state index contributed by atoms with van der Waals surface area (Å²) in [5, 5.41) is 3.25. The molecule has 1 unspecified atom stereocenters. The van der Waals surface area contributed by atoms with Gasteiger partial charge in [-0.3, -0.25) is 4.79 Å². The van der Waals surface area contributed by atoms with Gasteiger partial charge in [-0.15, -0.1) is 0 Å². The van der Waals surface area contributed by atoms with Crippen molar-refractivity contribution in [3.8, 4) is 0 Å². The number of carbonyl (C=O) groups is 1. The van der Waals surface area contributed by atoms with Gasteiger partial charge in [0.1, 0.15) is 0 Å². The largest absolute Gasteiger partial charge is 0.338 e. The Morgan fingerprint density at radius 3 is 2.79 bits per heavy atom. The zero-order valence-corrected chi connectivity index (χ0v) is 11.7. The van der Waals surface area contributed by atoms with E-state index in [0.717, 1.165) is 31.5 Å². The Morgan fingerprint density at radius 2 is 2.11 bits per heavy atom. The molecule has 3 nitrogen and oxygen atoms in total. The van der Waals surface area contributed by atoms with Crippen molar-refractivity contribution in [2.75, 3.05) is 20.1 Å². The minimum Gasteiger partial charge on any atom is -0.338 e. The van der Waals surface area contributed by atoms with Crippen LogP contribution in [-0.4, -0.2) is 37.0 Å². The molecule has 1 N–H and O–H groups in total. The first-order chi connectivity index (χ1) is 9.19. The lowest BCUT2D eigenvalue weighted by molar-refractivity contribution is -0.127. The number of nitrogens with one attached hydrogen (secondary N) is 1. The Labute approximate surface area is 115 Å². The number of likely N-dealkylation sites (N-methyl/N-ethyl adjacent to an activating group) is 1. The highest BCUT2D eigenvalue weighted by Crippen LogP contribution is 2.11. The Kier molecular flexibility index (Phi) is 4.74. The molecule has 1 aliphatic heterocycles. The van der Waals surface area contributed by atoms with E-state index in [1.165, 1.54) is 5.56 Å². The first-order valence-electron chi connectivity index (χ1n) is 6.90. The molecule has 19 heavy (non-hydrogen) atoms. The second-order valence-corrected chi connectivity index (χ2v) is 5.16. The topological polar surface area (TPSA) is 32.3 Å². The lowest BCUT2D eigenvalue weighted by atomic mass is 10.1. The van der Waals surface area contributed by atoms with Gasteiger partial charge < -0.3 is 10.2 Å². The van der Waals surface area contributed by atoms with E-state index in [0.29, 0.717) is 6.04 Å². The predicted octanol–water partition coefficient (Wildman–Crippen LogP) is 2.22. The van der Waals surface area contributed by atoms with Crippen molar-refractivity contribution in [2.24, 2.45) is 0 Å². The van der Waals surface area contributed by atoms with Crippen LogP contribution in [0.5, 0.6) is 0 Å². The van der Waals surface area contributed by atoms with E-state index in [2.05, 4.69) is 24.4 Å². The maximum atomic E-state index is 12.1.